The number of anilines is 1. The molecule has 17 heavy (non-hydrogen) atoms. The summed E-state index contributed by atoms with van der Waals surface area (Å²) in [6, 6.07) is 1.42. The number of hydrogen-bond donors (Lipinski definition) is 1. The van der Waals surface area contributed by atoms with Crippen molar-refractivity contribution in [2.75, 3.05) is 25.5 Å². The van der Waals surface area contributed by atoms with E-state index in [0.717, 1.165) is 0 Å². The van der Waals surface area contributed by atoms with Gasteiger partial charge in [0.2, 0.25) is 5.91 Å². The van der Waals surface area contributed by atoms with Gasteiger partial charge < -0.3 is 10.2 Å². The number of nitrogens with zero attached hydrogens (tertiary/aromatic N) is 3. The normalized spacial score (nSPS) is 10.1. The molecule has 0 aliphatic heterocycles. The van der Waals surface area contributed by atoms with E-state index >= 15 is 0 Å². The lowest BCUT2D eigenvalue weighted by Gasteiger charge is -2.18. The molecule has 1 aromatic heterocycles. The van der Waals surface area contributed by atoms with E-state index in [2.05, 4.69) is 10.4 Å². The van der Waals surface area contributed by atoms with Crippen molar-refractivity contribution in [1.82, 2.24) is 14.7 Å². The third kappa shape index (κ3) is 3.30. The predicted octanol–water partition coefficient (Wildman–Crippen LogP) is 0.153. The minimum atomic E-state index is -0.280. The summed E-state index contributed by atoms with van der Waals surface area (Å²) in [5, 5.41) is 6.76. The molecule has 0 saturated carbocycles. The molecule has 0 unspecified atom stereocenters. The zero-order valence-electron chi connectivity index (χ0n) is 10.4. The van der Waals surface area contributed by atoms with Gasteiger partial charge in [0.25, 0.3) is 5.56 Å². The molecule has 0 saturated heterocycles. The SMILES string of the molecule is CCN(CC)C(=O)Cn1ncc(NC)cc1=O. The Labute approximate surface area is 100 Å². The van der Waals surface area contributed by atoms with E-state index in [4.69, 9.17) is 0 Å². The Morgan fingerprint density at radius 2 is 2.12 bits per heavy atom. The van der Waals surface area contributed by atoms with Gasteiger partial charge in [-0.25, -0.2) is 4.68 Å². The molecule has 1 amide bonds. The molecule has 0 aliphatic rings. The zero-order valence-corrected chi connectivity index (χ0v) is 10.4. The zero-order chi connectivity index (χ0) is 12.8. The summed E-state index contributed by atoms with van der Waals surface area (Å²) in [6.07, 6.45) is 1.52. The van der Waals surface area contributed by atoms with E-state index < -0.39 is 0 Å². The van der Waals surface area contributed by atoms with Gasteiger partial charge in [-0.05, 0) is 13.8 Å². The lowest BCUT2D eigenvalue weighted by Crippen LogP contribution is -2.37. The summed E-state index contributed by atoms with van der Waals surface area (Å²) >= 11 is 0. The smallest absolute Gasteiger partial charge is 0.269 e. The van der Waals surface area contributed by atoms with Gasteiger partial charge in [-0.2, -0.15) is 5.10 Å². The van der Waals surface area contributed by atoms with Gasteiger partial charge in [0, 0.05) is 26.2 Å². The molecule has 6 nitrogen and oxygen atoms in total. The van der Waals surface area contributed by atoms with Crippen LogP contribution in [0.2, 0.25) is 0 Å². The van der Waals surface area contributed by atoms with Crippen molar-refractivity contribution in [3.63, 3.8) is 0 Å². The van der Waals surface area contributed by atoms with Crippen LogP contribution in [0.3, 0.4) is 0 Å². The van der Waals surface area contributed by atoms with Gasteiger partial charge in [0.1, 0.15) is 6.54 Å². The maximum atomic E-state index is 11.8. The minimum Gasteiger partial charge on any atom is -0.387 e. The number of amides is 1. The first-order chi connectivity index (χ1) is 8.12. The Bertz CT molecular complexity index is 437. The topological polar surface area (TPSA) is 67.2 Å². The number of likely N-dealkylation sites (N-methyl/N-ethyl adjacent to an activating group) is 1. The van der Waals surface area contributed by atoms with Gasteiger partial charge in [-0.1, -0.05) is 0 Å². The molecule has 0 aliphatic carbocycles. The highest BCUT2D eigenvalue weighted by Crippen LogP contribution is 1.97. The molecule has 0 bridgehead atoms. The van der Waals surface area contributed by atoms with Gasteiger partial charge in [-0.3, -0.25) is 9.59 Å². The lowest BCUT2D eigenvalue weighted by atomic mass is 10.4. The van der Waals surface area contributed by atoms with Crippen molar-refractivity contribution in [3.8, 4) is 0 Å². The highest BCUT2D eigenvalue weighted by atomic mass is 16.2. The van der Waals surface area contributed by atoms with E-state index in [1.165, 1.54) is 16.9 Å². The summed E-state index contributed by atoms with van der Waals surface area (Å²) in [4.78, 5) is 25.1. The number of carbonyl (C=O) groups excluding carboxylic acids is 1. The Hall–Kier alpha value is -1.85. The molecule has 0 radical (unpaired) electrons. The minimum absolute atomic E-state index is 0.00942. The molecule has 0 fully saturated rings. The van der Waals surface area contributed by atoms with E-state index in [-0.39, 0.29) is 18.0 Å². The highest BCUT2D eigenvalue weighted by Gasteiger charge is 2.11. The predicted molar refractivity (Wildman–Crippen MR) is 66.0 cm³/mol. The van der Waals surface area contributed by atoms with Crippen LogP contribution in [0, 0.1) is 0 Å². The van der Waals surface area contributed by atoms with Crippen molar-refractivity contribution in [3.05, 3.63) is 22.6 Å². The first-order valence-corrected chi connectivity index (χ1v) is 5.65. The Morgan fingerprint density at radius 3 is 2.59 bits per heavy atom. The van der Waals surface area contributed by atoms with Crippen LogP contribution in [0.1, 0.15) is 13.8 Å². The quantitative estimate of drug-likeness (QED) is 0.793. The third-order valence-corrected chi connectivity index (χ3v) is 2.56. The van der Waals surface area contributed by atoms with E-state index in [9.17, 15) is 9.59 Å². The van der Waals surface area contributed by atoms with Crippen LogP contribution in [0.5, 0.6) is 0 Å². The van der Waals surface area contributed by atoms with Crippen LogP contribution in [0.15, 0.2) is 17.1 Å². The second kappa shape index (κ2) is 6.03. The Kier molecular flexibility index (Phi) is 4.68. The van der Waals surface area contributed by atoms with Crippen molar-refractivity contribution < 1.29 is 4.79 Å². The molecule has 1 heterocycles. The average Bonchev–Trinajstić information content (AvgIpc) is 2.33. The molecule has 0 atom stereocenters. The van der Waals surface area contributed by atoms with Crippen molar-refractivity contribution in [2.24, 2.45) is 0 Å². The molecular weight excluding hydrogens is 220 g/mol. The number of carbonyl (C=O) groups is 1. The van der Waals surface area contributed by atoms with Crippen molar-refractivity contribution in [2.45, 2.75) is 20.4 Å². The first-order valence-electron chi connectivity index (χ1n) is 5.65. The van der Waals surface area contributed by atoms with E-state index in [0.29, 0.717) is 18.8 Å². The largest absolute Gasteiger partial charge is 0.387 e. The van der Waals surface area contributed by atoms with Crippen LogP contribution in [0.25, 0.3) is 0 Å². The molecule has 1 rings (SSSR count). The fourth-order valence-corrected chi connectivity index (χ4v) is 1.49. The summed E-state index contributed by atoms with van der Waals surface area (Å²) in [6.45, 7) is 5.07. The molecule has 0 aromatic carbocycles. The van der Waals surface area contributed by atoms with Crippen LogP contribution in [-0.2, 0) is 11.3 Å². The maximum Gasteiger partial charge on any atom is 0.269 e. The first kappa shape index (κ1) is 13.2. The summed E-state index contributed by atoms with van der Waals surface area (Å²) in [5.41, 5.74) is 0.360. The molecule has 6 heteroatoms. The summed E-state index contributed by atoms with van der Waals surface area (Å²) in [5.74, 6) is -0.0955. The number of rotatable bonds is 5. The summed E-state index contributed by atoms with van der Waals surface area (Å²) < 4.78 is 1.17. The molecule has 1 N–H and O–H groups in total. The van der Waals surface area contributed by atoms with Gasteiger partial charge in [0.05, 0.1) is 11.9 Å². The Balaban J connectivity index is 2.82. The number of aromatic nitrogens is 2. The van der Waals surface area contributed by atoms with Crippen LogP contribution in [0.4, 0.5) is 5.69 Å². The van der Waals surface area contributed by atoms with Gasteiger partial charge >= 0.3 is 0 Å². The second-order valence-corrected chi connectivity index (χ2v) is 3.56. The highest BCUT2D eigenvalue weighted by molar-refractivity contribution is 5.75. The van der Waals surface area contributed by atoms with Crippen molar-refractivity contribution >= 4 is 11.6 Å². The number of nitrogens with one attached hydrogen (secondary N) is 1. The Morgan fingerprint density at radius 1 is 1.47 bits per heavy atom. The van der Waals surface area contributed by atoms with Crippen molar-refractivity contribution in [1.29, 1.82) is 0 Å². The van der Waals surface area contributed by atoms with Crippen LogP contribution < -0.4 is 10.9 Å². The third-order valence-electron chi connectivity index (χ3n) is 2.56. The van der Waals surface area contributed by atoms with Crippen LogP contribution in [-0.4, -0.2) is 40.7 Å². The summed E-state index contributed by atoms with van der Waals surface area (Å²) in [7, 11) is 1.71. The maximum absolute atomic E-state index is 11.8. The van der Waals surface area contributed by atoms with Gasteiger partial charge in [-0.15, -0.1) is 0 Å². The average molecular weight is 238 g/mol. The standard InChI is InChI=1S/C11H18N4O2/c1-4-14(5-2)11(17)8-15-10(16)6-9(12-3)7-13-15/h6-7,12H,4-5,8H2,1-3H3. The monoisotopic (exact) mass is 238 g/mol. The fourth-order valence-electron chi connectivity index (χ4n) is 1.49. The number of hydrogen-bond acceptors (Lipinski definition) is 4. The van der Waals surface area contributed by atoms with E-state index in [1.807, 2.05) is 13.8 Å². The molecule has 1 aromatic rings. The van der Waals surface area contributed by atoms with E-state index in [1.54, 1.807) is 11.9 Å². The molecular formula is C11H18N4O2. The van der Waals surface area contributed by atoms with Gasteiger partial charge in [0.15, 0.2) is 0 Å². The fraction of sp³-hybridized carbons (Fsp3) is 0.545. The lowest BCUT2D eigenvalue weighted by molar-refractivity contribution is -0.131. The molecule has 94 valence electrons. The molecule has 0 spiro atoms. The van der Waals surface area contributed by atoms with Crippen LogP contribution >= 0.6 is 0 Å². The second-order valence-electron chi connectivity index (χ2n) is 3.56.